The zero-order chi connectivity index (χ0) is 9.59. The van der Waals surface area contributed by atoms with Gasteiger partial charge in [0.15, 0.2) is 5.82 Å². The van der Waals surface area contributed by atoms with Crippen LogP contribution in [0, 0.1) is 0 Å². The van der Waals surface area contributed by atoms with E-state index >= 15 is 0 Å². The Morgan fingerprint density at radius 3 is 2.46 bits per heavy atom. The van der Waals surface area contributed by atoms with Gasteiger partial charge in [-0.15, -0.1) is 0 Å². The van der Waals surface area contributed by atoms with Gasteiger partial charge in [-0.1, -0.05) is 11.6 Å². The van der Waals surface area contributed by atoms with E-state index in [1.807, 2.05) is 0 Å². The lowest BCUT2D eigenvalue weighted by Gasteiger charge is -2.06. The van der Waals surface area contributed by atoms with Crippen LogP contribution in [0.3, 0.4) is 0 Å². The Balaban J connectivity index is 2.85. The minimum absolute atomic E-state index is 0.117. The van der Waals surface area contributed by atoms with E-state index in [0.29, 0.717) is 16.7 Å². The third-order valence-corrected chi connectivity index (χ3v) is 2.52. The second kappa shape index (κ2) is 2.97. The van der Waals surface area contributed by atoms with Gasteiger partial charge in [0.2, 0.25) is 10.6 Å². The zero-order valence-electron chi connectivity index (χ0n) is 6.42. The summed E-state index contributed by atoms with van der Waals surface area (Å²) in [6.07, 6.45) is 0. The average molecular weight is 237 g/mol. The first-order chi connectivity index (χ1) is 6.09. The minimum atomic E-state index is 0.117. The zero-order valence-corrected chi connectivity index (χ0v) is 8.69. The van der Waals surface area contributed by atoms with Crippen molar-refractivity contribution < 1.29 is 0 Å². The third-order valence-electron chi connectivity index (χ3n) is 1.58. The van der Waals surface area contributed by atoms with Crippen LogP contribution in [0.5, 0.6) is 0 Å². The largest absolute Gasteiger partial charge is 0.308 e. The molecule has 13 heavy (non-hydrogen) atoms. The van der Waals surface area contributed by atoms with Gasteiger partial charge in [0.25, 0.3) is 0 Å². The number of imidazole rings is 1. The van der Waals surface area contributed by atoms with Gasteiger partial charge in [-0.3, -0.25) is 0 Å². The summed E-state index contributed by atoms with van der Waals surface area (Å²) in [7, 11) is 1.68. The number of halogens is 3. The molecule has 2 aliphatic heterocycles. The molecule has 0 spiro atoms. The second-order valence-electron chi connectivity index (χ2n) is 2.40. The van der Waals surface area contributed by atoms with Gasteiger partial charge in [-0.2, -0.15) is 9.97 Å². The summed E-state index contributed by atoms with van der Waals surface area (Å²) in [5.41, 5.74) is 0.457. The van der Waals surface area contributed by atoms with Crippen molar-refractivity contribution in [2.75, 3.05) is 0 Å². The molecule has 0 aromatic carbocycles. The summed E-state index contributed by atoms with van der Waals surface area (Å²) in [5.74, 6) is 0.359. The van der Waals surface area contributed by atoms with E-state index in [9.17, 15) is 0 Å². The molecule has 2 rings (SSSR count). The van der Waals surface area contributed by atoms with Gasteiger partial charge < -0.3 is 4.57 Å². The van der Waals surface area contributed by atoms with E-state index in [4.69, 9.17) is 34.8 Å². The Labute approximate surface area is 88.8 Å². The lowest BCUT2D eigenvalue weighted by molar-refractivity contribution is 0.861. The van der Waals surface area contributed by atoms with Crippen LogP contribution in [0.25, 0.3) is 11.5 Å². The maximum atomic E-state index is 5.92. The molecular weight excluding hydrogens is 234 g/mol. The summed E-state index contributed by atoms with van der Waals surface area (Å²) in [5, 5.41) is 0.732. The highest BCUT2D eigenvalue weighted by Crippen LogP contribution is 2.28. The molecule has 0 saturated carbocycles. The van der Waals surface area contributed by atoms with Gasteiger partial charge in [-0.25, -0.2) is 4.98 Å². The molecule has 0 saturated heterocycles. The van der Waals surface area contributed by atoms with Crippen molar-refractivity contribution in [2.45, 2.75) is 0 Å². The van der Waals surface area contributed by atoms with Crippen molar-refractivity contribution in [3.8, 4) is 11.5 Å². The molecule has 7 heteroatoms. The topological polar surface area (TPSA) is 43.6 Å². The lowest BCUT2D eigenvalue weighted by atomic mass is 10.4. The third kappa shape index (κ3) is 1.35. The Morgan fingerprint density at radius 1 is 1.08 bits per heavy atom. The van der Waals surface area contributed by atoms with Crippen molar-refractivity contribution in [1.29, 1.82) is 0 Å². The van der Waals surface area contributed by atoms with Crippen molar-refractivity contribution in [3.05, 3.63) is 15.7 Å². The average Bonchev–Trinajstić information content (AvgIpc) is 2.42. The molecule has 0 N–H and O–H groups in total. The molecule has 0 aliphatic carbocycles. The van der Waals surface area contributed by atoms with E-state index < -0.39 is 0 Å². The molecular formula is C6H3Cl3N4. The highest BCUT2D eigenvalue weighted by molar-refractivity contribution is 6.34. The quantitative estimate of drug-likeness (QED) is 0.401. The van der Waals surface area contributed by atoms with Gasteiger partial charge in [0.05, 0.1) is 0 Å². The van der Waals surface area contributed by atoms with Crippen molar-refractivity contribution in [1.82, 2.24) is 19.5 Å². The number of nitrogens with zero attached hydrogens (tertiary/aromatic N) is 4. The molecule has 4 nitrogen and oxygen atoms in total. The number of hydrogen-bond acceptors (Lipinski definition) is 3. The van der Waals surface area contributed by atoms with Gasteiger partial charge in [0, 0.05) is 7.05 Å². The fourth-order valence-corrected chi connectivity index (χ4v) is 1.51. The number of aromatic nitrogens is 4. The molecule has 0 fully saturated rings. The normalized spacial score (nSPS) is 11.1. The van der Waals surface area contributed by atoms with Crippen LogP contribution in [0.2, 0.25) is 15.7 Å². The Hall–Kier alpha value is -0.580. The minimum Gasteiger partial charge on any atom is -0.308 e. The Bertz CT molecular complexity index is 438. The molecule has 0 amide bonds. The summed E-state index contributed by atoms with van der Waals surface area (Å²) in [6, 6.07) is 0. The van der Waals surface area contributed by atoms with Gasteiger partial charge in [-0.05, 0) is 23.2 Å². The first-order valence-electron chi connectivity index (χ1n) is 3.30. The molecule has 68 valence electrons. The van der Waals surface area contributed by atoms with E-state index in [1.165, 1.54) is 4.57 Å². The molecule has 0 radical (unpaired) electrons. The SMILES string of the molecule is Cn1c(Cl)nc2nc(Cl)nc-2c1Cl. The fraction of sp³-hybridized carbons (Fsp3) is 0.167. The Kier molecular flexibility index (Phi) is 2.06. The standard InChI is InChI=1S/C6H3Cl3N4/c1-13-3(7)2-4(12-6(13)9)11-5(8)10-2/h1H3. The maximum absolute atomic E-state index is 5.92. The van der Waals surface area contributed by atoms with Crippen LogP contribution in [-0.4, -0.2) is 19.5 Å². The second-order valence-corrected chi connectivity index (χ2v) is 3.43. The fourth-order valence-electron chi connectivity index (χ4n) is 0.926. The van der Waals surface area contributed by atoms with Crippen LogP contribution in [0.4, 0.5) is 0 Å². The summed E-state index contributed by atoms with van der Waals surface area (Å²) in [4.78, 5) is 11.7. The predicted octanol–water partition coefficient (Wildman–Crippen LogP) is 2.28. The van der Waals surface area contributed by atoms with Gasteiger partial charge in [0.1, 0.15) is 10.8 Å². The van der Waals surface area contributed by atoms with E-state index in [1.54, 1.807) is 7.05 Å². The molecule has 0 unspecified atom stereocenters. The predicted molar refractivity (Wildman–Crippen MR) is 50.5 cm³/mol. The Morgan fingerprint density at radius 2 is 1.77 bits per heavy atom. The smallest absolute Gasteiger partial charge is 0.225 e. The molecule has 2 heterocycles. The van der Waals surface area contributed by atoms with E-state index in [0.717, 1.165) is 0 Å². The lowest BCUT2D eigenvalue weighted by Crippen LogP contribution is -2.01. The highest BCUT2D eigenvalue weighted by atomic mass is 35.5. The first-order valence-corrected chi connectivity index (χ1v) is 4.44. The van der Waals surface area contributed by atoms with E-state index in [-0.39, 0.29) is 10.6 Å². The highest BCUT2D eigenvalue weighted by Gasteiger charge is 2.18. The van der Waals surface area contributed by atoms with E-state index in [2.05, 4.69) is 15.0 Å². The molecule has 0 aromatic rings. The number of rotatable bonds is 0. The summed E-state index contributed by atoms with van der Waals surface area (Å²) >= 11 is 17.3. The molecule has 0 atom stereocenters. The summed E-state index contributed by atoms with van der Waals surface area (Å²) < 4.78 is 1.50. The van der Waals surface area contributed by atoms with Crippen molar-refractivity contribution in [3.63, 3.8) is 0 Å². The molecule has 2 aliphatic rings. The van der Waals surface area contributed by atoms with Crippen LogP contribution in [-0.2, 0) is 7.05 Å². The van der Waals surface area contributed by atoms with Gasteiger partial charge >= 0.3 is 0 Å². The summed E-state index contributed by atoms with van der Waals surface area (Å²) in [6.45, 7) is 0. The molecule has 0 bridgehead atoms. The van der Waals surface area contributed by atoms with Crippen molar-refractivity contribution in [2.24, 2.45) is 7.05 Å². The van der Waals surface area contributed by atoms with Crippen LogP contribution < -0.4 is 0 Å². The number of hydrogen-bond donors (Lipinski definition) is 0. The molecule has 0 aromatic heterocycles. The first kappa shape index (κ1) is 8.99. The van der Waals surface area contributed by atoms with Crippen molar-refractivity contribution >= 4 is 34.8 Å². The monoisotopic (exact) mass is 236 g/mol. The number of fused-ring (bicyclic) bond motifs is 1. The van der Waals surface area contributed by atoms with Crippen LogP contribution in [0.15, 0.2) is 0 Å². The maximum Gasteiger partial charge on any atom is 0.225 e. The van der Waals surface area contributed by atoms with Crippen LogP contribution in [0.1, 0.15) is 0 Å². The van der Waals surface area contributed by atoms with Crippen LogP contribution >= 0.6 is 34.8 Å².